The molecule has 0 aliphatic rings. The van der Waals surface area contributed by atoms with Crippen LogP contribution >= 0.6 is 12.2 Å². The van der Waals surface area contributed by atoms with E-state index < -0.39 is 0 Å². The lowest BCUT2D eigenvalue weighted by molar-refractivity contribution is -0.142. The van der Waals surface area contributed by atoms with Crippen LogP contribution in [0.25, 0.3) is 6.08 Å². The molecule has 0 spiro atoms. The van der Waals surface area contributed by atoms with Crippen molar-refractivity contribution in [2.24, 2.45) is 5.73 Å². The Hall–Kier alpha value is -2.19. The number of benzene rings is 1. The number of ether oxygens (including phenoxy) is 1. The number of hydrogen-bond acceptors (Lipinski definition) is 4. The summed E-state index contributed by atoms with van der Waals surface area (Å²) in [6.45, 7) is 7.43. The molecule has 0 aliphatic carbocycles. The van der Waals surface area contributed by atoms with Crippen molar-refractivity contribution >= 4 is 29.3 Å². The number of carbonyl (C=O) groups is 1. The largest absolute Gasteiger partial charge is 0.461 e. The summed E-state index contributed by atoms with van der Waals surface area (Å²) in [5.74, 6) is -0.327. The van der Waals surface area contributed by atoms with E-state index in [-0.39, 0.29) is 23.1 Å². The maximum atomic E-state index is 11.0. The second-order valence-electron chi connectivity index (χ2n) is 4.84. The fourth-order valence-electron chi connectivity index (χ4n) is 2.16. The zero-order chi connectivity index (χ0) is 16.2. The molecule has 0 unspecified atom stereocenters. The van der Waals surface area contributed by atoms with Crippen LogP contribution in [0.3, 0.4) is 0 Å². The summed E-state index contributed by atoms with van der Waals surface area (Å²) in [7, 11) is 0. The molecule has 4 nitrogen and oxygen atoms in total. The van der Waals surface area contributed by atoms with E-state index in [0.717, 1.165) is 27.8 Å². The quantitative estimate of drug-likeness (QED) is 0.400. The molecule has 0 amide bonds. The highest BCUT2D eigenvalue weighted by atomic mass is 32.1. The van der Waals surface area contributed by atoms with Crippen molar-refractivity contribution in [2.45, 2.75) is 34.3 Å². The first kappa shape index (κ1) is 16.9. The van der Waals surface area contributed by atoms with Crippen molar-refractivity contribution < 1.29 is 9.53 Å². The molecule has 0 saturated carbocycles. The normalized spacial score (nSPS) is 10.9. The molecule has 0 aromatic heterocycles. The first-order valence-electron chi connectivity index (χ1n) is 6.42. The number of aryl methyl sites for hydroxylation is 2. The molecule has 0 bridgehead atoms. The minimum Gasteiger partial charge on any atom is -0.461 e. The van der Waals surface area contributed by atoms with Crippen molar-refractivity contribution in [2.75, 3.05) is 0 Å². The van der Waals surface area contributed by atoms with E-state index in [9.17, 15) is 4.79 Å². The zero-order valence-corrected chi connectivity index (χ0v) is 13.4. The number of hydrogen-bond donors (Lipinski definition) is 1. The number of nitrogens with zero attached hydrogens (tertiary/aromatic N) is 1. The van der Waals surface area contributed by atoms with Gasteiger partial charge in [-0.05, 0) is 54.7 Å². The summed E-state index contributed by atoms with van der Waals surface area (Å²) in [6, 6.07) is 3.99. The molecule has 0 atom stereocenters. The lowest BCUT2D eigenvalue weighted by Crippen LogP contribution is -2.10. The minimum atomic E-state index is -0.327. The summed E-state index contributed by atoms with van der Waals surface area (Å²) < 4.78 is 5.09. The predicted octanol–water partition coefficient (Wildman–Crippen LogP) is 2.87. The Kier molecular flexibility index (Phi) is 5.62. The van der Waals surface area contributed by atoms with Gasteiger partial charge < -0.3 is 10.5 Å². The van der Waals surface area contributed by atoms with E-state index in [1.807, 2.05) is 32.9 Å². The van der Waals surface area contributed by atoms with Crippen molar-refractivity contribution in [3.63, 3.8) is 0 Å². The number of carbonyl (C=O) groups excluding carboxylic acids is 1. The molecule has 21 heavy (non-hydrogen) atoms. The molecule has 0 saturated heterocycles. The molecule has 5 heteroatoms. The van der Waals surface area contributed by atoms with E-state index in [4.69, 9.17) is 28.0 Å². The zero-order valence-electron chi connectivity index (χ0n) is 12.6. The molecule has 1 aromatic carbocycles. The number of thiocarbonyl (C=S) groups is 1. The third-order valence-electron chi connectivity index (χ3n) is 3.28. The van der Waals surface area contributed by atoms with Gasteiger partial charge >= 0.3 is 5.97 Å². The van der Waals surface area contributed by atoms with Gasteiger partial charge in [-0.3, -0.25) is 4.79 Å². The van der Waals surface area contributed by atoms with E-state index in [0.29, 0.717) is 0 Å². The van der Waals surface area contributed by atoms with Gasteiger partial charge in [-0.2, -0.15) is 5.26 Å². The molecular weight excluding hydrogens is 284 g/mol. The van der Waals surface area contributed by atoms with Gasteiger partial charge in [0.05, 0.1) is 5.57 Å². The van der Waals surface area contributed by atoms with Gasteiger partial charge in [-0.25, -0.2) is 0 Å². The van der Waals surface area contributed by atoms with E-state index >= 15 is 0 Å². The SMILES string of the molecule is CC(=O)OCc1c(C)cc(C)c(C=C(C#N)C(N)=S)c1C. The average Bonchev–Trinajstić information content (AvgIpc) is 2.37. The Labute approximate surface area is 130 Å². The first-order chi connectivity index (χ1) is 9.77. The second-order valence-corrected chi connectivity index (χ2v) is 5.28. The van der Waals surface area contributed by atoms with Crippen LogP contribution in [0.2, 0.25) is 0 Å². The fourth-order valence-corrected chi connectivity index (χ4v) is 2.27. The Balaban J connectivity index is 3.40. The molecule has 0 fully saturated rings. The number of nitrogens with two attached hydrogens (primary N) is 1. The molecule has 2 N–H and O–H groups in total. The highest BCUT2D eigenvalue weighted by molar-refractivity contribution is 7.80. The lowest BCUT2D eigenvalue weighted by atomic mass is 9.92. The number of rotatable bonds is 4. The van der Waals surface area contributed by atoms with Crippen LogP contribution in [0, 0.1) is 32.1 Å². The van der Waals surface area contributed by atoms with Crippen molar-refractivity contribution in [1.82, 2.24) is 0 Å². The summed E-state index contributed by atoms with van der Waals surface area (Å²) in [5.41, 5.74) is 10.6. The van der Waals surface area contributed by atoms with Crippen LogP contribution in [0.15, 0.2) is 11.6 Å². The summed E-state index contributed by atoms with van der Waals surface area (Å²) in [4.78, 5) is 11.1. The van der Waals surface area contributed by atoms with Crippen LogP contribution < -0.4 is 5.73 Å². The monoisotopic (exact) mass is 302 g/mol. The average molecular weight is 302 g/mol. The van der Waals surface area contributed by atoms with Crippen LogP contribution in [0.1, 0.15) is 34.7 Å². The minimum absolute atomic E-state index is 0.0680. The Morgan fingerprint density at radius 1 is 1.43 bits per heavy atom. The van der Waals surface area contributed by atoms with Crippen LogP contribution in [-0.2, 0) is 16.1 Å². The topological polar surface area (TPSA) is 76.1 Å². The second kappa shape index (κ2) is 7.00. The van der Waals surface area contributed by atoms with E-state index in [1.165, 1.54) is 6.92 Å². The fraction of sp³-hybridized carbons (Fsp3) is 0.312. The number of nitriles is 1. The predicted molar refractivity (Wildman–Crippen MR) is 86.5 cm³/mol. The van der Waals surface area contributed by atoms with Gasteiger partial charge in [0.15, 0.2) is 0 Å². The Morgan fingerprint density at radius 2 is 2.05 bits per heavy atom. The van der Waals surface area contributed by atoms with E-state index in [1.54, 1.807) is 6.08 Å². The number of esters is 1. The third kappa shape index (κ3) is 4.14. The van der Waals surface area contributed by atoms with Crippen LogP contribution in [0.5, 0.6) is 0 Å². The van der Waals surface area contributed by atoms with Gasteiger partial charge in [-0.15, -0.1) is 0 Å². The maximum Gasteiger partial charge on any atom is 0.302 e. The summed E-state index contributed by atoms with van der Waals surface area (Å²) >= 11 is 4.86. The van der Waals surface area contributed by atoms with Gasteiger partial charge in [0, 0.05) is 6.92 Å². The Bertz CT molecular complexity index is 670. The Morgan fingerprint density at radius 3 is 2.52 bits per heavy atom. The van der Waals surface area contributed by atoms with Crippen molar-refractivity contribution in [1.29, 1.82) is 5.26 Å². The van der Waals surface area contributed by atoms with Gasteiger partial charge in [0.1, 0.15) is 17.7 Å². The molecule has 1 aromatic rings. The van der Waals surface area contributed by atoms with Gasteiger partial charge in [0.25, 0.3) is 0 Å². The highest BCUT2D eigenvalue weighted by Crippen LogP contribution is 2.25. The van der Waals surface area contributed by atoms with Crippen molar-refractivity contribution in [3.05, 3.63) is 39.5 Å². The molecule has 0 radical (unpaired) electrons. The van der Waals surface area contributed by atoms with Gasteiger partial charge in [0.2, 0.25) is 0 Å². The van der Waals surface area contributed by atoms with Crippen LogP contribution in [0.4, 0.5) is 0 Å². The highest BCUT2D eigenvalue weighted by Gasteiger charge is 2.12. The third-order valence-corrected chi connectivity index (χ3v) is 3.50. The van der Waals surface area contributed by atoms with E-state index in [2.05, 4.69) is 0 Å². The first-order valence-corrected chi connectivity index (χ1v) is 6.83. The smallest absolute Gasteiger partial charge is 0.302 e. The molecule has 1 rings (SSSR count). The maximum absolute atomic E-state index is 11.0. The molecule has 0 heterocycles. The lowest BCUT2D eigenvalue weighted by Gasteiger charge is -2.15. The standard InChI is InChI=1S/C16H18N2O2S/c1-9-5-10(2)15(8-20-12(4)19)11(3)14(9)6-13(7-17)16(18)21/h5-6H,8H2,1-4H3,(H2,18,21). The van der Waals surface area contributed by atoms with Crippen LogP contribution in [-0.4, -0.2) is 11.0 Å². The summed E-state index contributed by atoms with van der Waals surface area (Å²) in [5, 5.41) is 9.08. The molecule has 0 aliphatic heterocycles. The van der Waals surface area contributed by atoms with Gasteiger partial charge in [-0.1, -0.05) is 18.3 Å². The molecule has 110 valence electrons. The van der Waals surface area contributed by atoms with Crippen molar-refractivity contribution in [3.8, 4) is 6.07 Å². The molecular formula is C16H18N2O2S. The summed E-state index contributed by atoms with van der Waals surface area (Å²) in [6.07, 6.45) is 1.68.